The van der Waals surface area contributed by atoms with E-state index >= 15 is 0 Å². The highest BCUT2D eigenvalue weighted by atomic mass is 32.2. The number of nitrogens with zero attached hydrogens (tertiary/aromatic N) is 4. The first-order chi connectivity index (χ1) is 11.1. The molecule has 0 amide bonds. The largest absolute Gasteiger partial charge is 0.292 e. The van der Waals surface area contributed by atoms with Crippen molar-refractivity contribution in [2.24, 2.45) is 0 Å². The molecule has 0 N–H and O–H groups in total. The lowest BCUT2D eigenvalue weighted by molar-refractivity contribution is 0.0895. The van der Waals surface area contributed by atoms with Gasteiger partial charge in [0.1, 0.15) is 0 Å². The molecule has 0 spiro atoms. The van der Waals surface area contributed by atoms with E-state index in [0.717, 1.165) is 11.8 Å². The van der Waals surface area contributed by atoms with Crippen LogP contribution in [0.25, 0.3) is 0 Å². The smallest absolute Gasteiger partial charge is 0.211 e. The molecular weight excluding hydrogens is 352 g/mol. The molecule has 1 aromatic rings. The Morgan fingerprint density at radius 2 is 1.92 bits per heavy atom. The average Bonchev–Trinajstić information content (AvgIpc) is 3.00. The second kappa shape index (κ2) is 6.08. The lowest BCUT2D eigenvalue weighted by atomic mass is 10.1. The van der Waals surface area contributed by atoms with Gasteiger partial charge in [0.2, 0.25) is 10.0 Å². The van der Waals surface area contributed by atoms with Crippen molar-refractivity contribution in [2.45, 2.75) is 38.5 Å². The maximum atomic E-state index is 12.1. The first-order valence-corrected chi connectivity index (χ1v) is 11.7. The lowest BCUT2D eigenvalue weighted by Gasteiger charge is -2.42. The Labute approximate surface area is 143 Å². The van der Waals surface area contributed by atoms with Gasteiger partial charge in [0.05, 0.1) is 30.0 Å². The Balaban J connectivity index is 1.83. The molecule has 2 aliphatic rings. The molecule has 0 radical (unpaired) electrons. The number of hydrogen-bond acceptors (Lipinski definition) is 6. The topological polar surface area (TPSA) is 92.6 Å². The molecule has 1 aromatic heterocycles. The molecule has 2 fully saturated rings. The quantitative estimate of drug-likeness (QED) is 0.717. The molecule has 0 aliphatic carbocycles. The third-order valence-electron chi connectivity index (χ3n) is 4.74. The zero-order valence-electron chi connectivity index (χ0n) is 14.2. The summed E-state index contributed by atoms with van der Waals surface area (Å²) in [5.74, 6) is -0.0749. The van der Waals surface area contributed by atoms with Crippen molar-refractivity contribution in [1.29, 1.82) is 0 Å². The Morgan fingerprint density at radius 3 is 2.50 bits per heavy atom. The predicted octanol–water partition coefficient (Wildman–Crippen LogP) is -0.293. The van der Waals surface area contributed by atoms with E-state index in [1.54, 1.807) is 6.20 Å². The Morgan fingerprint density at radius 1 is 1.25 bits per heavy atom. The summed E-state index contributed by atoms with van der Waals surface area (Å²) in [6.45, 7) is 5.52. The van der Waals surface area contributed by atoms with Gasteiger partial charge in [-0.05, 0) is 13.8 Å². The Hall–Kier alpha value is -0.970. The van der Waals surface area contributed by atoms with Gasteiger partial charge in [-0.25, -0.2) is 16.8 Å². The van der Waals surface area contributed by atoms with Crippen LogP contribution in [0.15, 0.2) is 12.4 Å². The monoisotopic (exact) mass is 376 g/mol. The van der Waals surface area contributed by atoms with Gasteiger partial charge in [0.25, 0.3) is 0 Å². The summed E-state index contributed by atoms with van der Waals surface area (Å²) in [6.07, 6.45) is 4.91. The first-order valence-electron chi connectivity index (χ1n) is 8.01. The molecule has 0 unspecified atom stereocenters. The molecule has 3 rings (SSSR count). The fourth-order valence-corrected chi connectivity index (χ4v) is 6.80. The van der Waals surface area contributed by atoms with Crippen LogP contribution in [-0.2, 0) is 26.4 Å². The van der Waals surface area contributed by atoms with Crippen molar-refractivity contribution in [1.82, 2.24) is 19.0 Å². The van der Waals surface area contributed by atoms with E-state index in [1.165, 1.54) is 4.31 Å². The summed E-state index contributed by atoms with van der Waals surface area (Å²) in [7, 11) is -6.63. The third-order valence-corrected chi connectivity index (χ3v) is 7.74. The summed E-state index contributed by atoms with van der Waals surface area (Å²) in [5, 5.41) is 4.31. The summed E-state index contributed by atoms with van der Waals surface area (Å²) >= 11 is 0. The maximum Gasteiger partial charge on any atom is 0.211 e. The first kappa shape index (κ1) is 17.8. The summed E-state index contributed by atoms with van der Waals surface area (Å²) < 4.78 is 51.4. The number of hydrogen-bond donors (Lipinski definition) is 0. The van der Waals surface area contributed by atoms with Gasteiger partial charge < -0.3 is 0 Å². The Bertz CT molecular complexity index is 816. The minimum Gasteiger partial charge on any atom is -0.292 e. The lowest BCUT2D eigenvalue weighted by Crippen LogP contribution is -2.59. The number of fused-ring (bicyclic) bond motifs is 1. The van der Waals surface area contributed by atoms with Gasteiger partial charge in [0, 0.05) is 43.5 Å². The van der Waals surface area contributed by atoms with E-state index in [-0.39, 0.29) is 23.6 Å². The van der Waals surface area contributed by atoms with Gasteiger partial charge in [-0.1, -0.05) is 0 Å². The minimum atomic E-state index is -3.41. The molecule has 0 aromatic carbocycles. The standard InChI is InChI=1S/C14H24N4O4S2/c1-11(2)17-8-12(6-15-17)7-16-4-5-18(23(3,19)20)14-10-24(21,22)9-13(14)16/h6,8,11,13-14H,4-5,7,9-10H2,1-3H3/t13-,14+/m1/s1. The van der Waals surface area contributed by atoms with E-state index in [1.807, 2.05) is 24.7 Å². The molecule has 0 saturated carbocycles. The molecule has 136 valence electrons. The summed E-state index contributed by atoms with van der Waals surface area (Å²) in [4.78, 5) is 2.08. The van der Waals surface area contributed by atoms with E-state index in [0.29, 0.717) is 19.6 Å². The number of aromatic nitrogens is 2. The highest BCUT2D eigenvalue weighted by Crippen LogP contribution is 2.29. The van der Waals surface area contributed by atoms with Crippen LogP contribution >= 0.6 is 0 Å². The molecule has 2 saturated heterocycles. The highest BCUT2D eigenvalue weighted by Gasteiger charge is 2.49. The van der Waals surface area contributed by atoms with E-state index < -0.39 is 25.9 Å². The van der Waals surface area contributed by atoms with Crippen molar-refractivity contribution >= 4 is 19.9 Å². The SMILES string of the molecule is CC(C)n1cc(CN2CCN(S(C)(=O)=O)[C@H]3CS(=O)(=O)C[C@H]32)cn1. The van der Waals surface area contributed by atoms with Crippen molar-refractivity contribution in [2.75, 3.05) is 30.9 Å². The van der Waals surface area contributed by atoms with Gasteiger partial charge in [-0.2, -0.15) is 9.40 Å². The van der Waals surface area contributed by atoms with Crippen molar-refractivity contribution < 1.29 is 16.8 Å². The predicted molar refractivity (Wildman–Crippen MR) is 90.8 cm³/mol. The summed E-state index contributed by atoms with van der Waals surface area (Å²) in [6, 6.07) is -0.514. The second-order valence-electron chi connectivity index (χ2n) is 6.98. The van der Waals surface area contributed by atoms with Crippen molar-refractivity contribution in [3.8, 4) is 0 Å². The van der Waals surface area contributed by atoms with Crippen LogP contribution in [0.5, 0.6) is 0 Å². The fourth-order valence-electron chi connectivity index (χ4n) is 3.58. The normalized spacial score (nSPS) is 28.3. The van der Waals surface area contributed by atoms with Crippen LogP contribution in [-0.4, -0.2) is 78.8 Å². The van der Waals surface area contributed by atoms with Crippen LogP contribution < -0.4 is 0 Å². The summed E-state index contributed by atoms with van der Waals surface area (Å²) in [5.41, 5.74) is 1.01. The highest BCUT2D eigenvalue weighted by molar-refractivity contribution is 7.92. The van der Waals surface area contributed by atoms with Gasteiger partial charge in [0.15, 0.2) is 9.84 Å². The number of sulfone groups is 1. The molecule has 3 heterocycles. The van der Waals surface area contributed by atoms with E-state index in [9.17, 15) is 16.8 Å². The van der Waals surface area contributed by atoms with Crippen LogP contribution in [0, 0.1) is 0 Å². The van der Waals surface area contributed by atoms with Gasteiger partial charge in [-0.3, -0.25) is 9.58 Å². The average molecular weight is 377 g/mol. The van der Waals surface area contributed by atoms with Gasteiger partial charge in [-0.15, -0.1) is 0 Å². The van der Waals surface area contributed by atoms with Gasteiger partial charge >= 0.3 is 0 Å². The second-order valence-corrected chi connectivity index (χ2v) is 11.1. The van der Waals surface area contributed by atoms with Crippen LogP contribution in [0.1, 0.15) is 25.5 Å². The molecule has 2 atom stereocenters. The van der Waals surface area contributed by atoms with Crippen molar-refractivity contribution in [3.05, 3.63) is 18.0 Å². The molecule has 8 nitrogen and oxygen atoms in total. The molecule has 24 heavy (non-hydrogen) atoms. The zero-order chi connectivity index (χ0) is 17.7. The number of sulfonamides is 1. The fraction of sp³-hybridized carbons (Fsp3) is 0.786. The minimum absolute atomic E-state index is 0.0159. The third kappa shape index (κ3) is 3.51. The zero-order valence-corrected chi connectivity index (χ0v) is 15.8. The van der Waals surface area contributed by atoms with Crippen LogP contribution in [0.4, 0.5) is 0 Å². The number of rotatable bonds is 4. The molecular formula is C14H24N4O4S2. The van der Waals surface area contributed by atoms with E-state index in [4.69, 9.17) is 0 Å². The molecule has 10 heteroatoms. The Kier molecular flexibility index (Phi) is 4.52. The van der Waals surface area contributed by atoms with Crippen molar-refractivity contribution in [3.63, 3.8) is 0 Å². The molecule has 0 bridgehead atoms. The molecule has 2 aliphatic heterocycles. The van der Waals surface area contributed by atoms with Crippen LogP contribution in [0.3, 0.4) is 0 Å². The van der Waals surface area contributed by atoms with Crippen LogP contribution in [0.2, 0.25) is 0 Å². The maximum absolute atomic E-state index is 12.1. The number of piperazine rings is 1. The van der Waals surface area contributed by atoms with E-state index in [2.05, 4.69) is 10.00 Å².